The minimum absolute atomic E-state index is 0.103. The molecule has 134 valence electrons. The summed E-state index contributed by atoms with van der Waals surface area (Å²) in [6.07, 6.45) is 1.27. The number of benzene rings is 2. The van der Waals surface area contributed by atoms with Crippen molar-refractivity contribution in [3.8, 4) is 17.2 Å². The van der Waals surface area contributed by atoms with E-state index in [9.17, 15) is 9.59 Å². The second-order valence-corrected chi connectivity index (χ2v) is 5.88. The third-order valence-electron chi connectivity index (χ3n) is 3.72. The Hall–Kier alpha value is -3.28. The molecule has 0 aliphatic carbocycles. The highest BCUT2D eigenvalue weighted by Gasteiger charge is 2.11. The fourth-order valence-electron chi connectivity index (χ4n) is 2.57. The van der Waals surface area contributed by atoms with Crippen molar-refractivity contribution in [2.45, 2.75) is 13.8 Å². The number of carbonyl (C=O) groups excluding carboxylic acids is 1. The van der Waals surface area contributed by atoms with Crippen molar-refractivity contribution in [2.75, 3.05) is 13.7 Å². The summed E-state index contributed by atoms with van der Waals surface area (Å²) in [5.74, 6) is 0.579. The van der Waals surface area contributed by atoms with Crippen LogP contribution in [0.15, 0.2) is 51.9 Å². The lowest BCUT2D eigenvalue weighted by Gasteiger charge is -2.08. The van der Waals surface area contributed by atoms with E-state index in [1.807, 2.05) is 32.0 Å². The van der Waals surface area contributed by atoms with E-state index in [0.29, 0.717) is 22.5 Å². The normalized spacial score (nSPS) is 10.6. The van der Waals surface area contributed by atoms with E-state index in [-0.39, 0.29) is 17.8 Å². The lowest BCUT2D eigenvalue weighted by Crippen LogP contribution is -2.12. The Labute approximate surface area is 149 Å². The van der Waals surface area contributed by atoms with Gasteiger partial charge in [0.05, 0.1) is 12.5 Å². The molecule has 0 aliphatic heterocycles. The van der Waals surface area contributed by atoms with E-state index < -0.39 is 5.97 Å². The maximum Gasteiger partial charge on any atom is 0.343 e. The van der Waals surface area contributed by atoms with Crippen molar-refractivity contribution in [3.05, 3.63) is 64.0 Å². The molecule has 2 aromatic carbocycles. The van der Waals surface area contributed by atoms with E-state index >= 15 is 0 Å². The molecule has 3 rings (SSSR count). The molecular weight excluding hydrogens is 336 g/mol. The van der Waals surface area contributed by atoms with Gasteiger partial charge in [-0.3, -0.25) is 4.79 Å². The molecule has 0 bridgehead atoms. The molecule has 0 radical (unpaired) electrons. The predicted octanol–water partition coefficient (Wildman–Crippen LogP) is 3.75. The average molecular weight is 354 g/mol. The van der Waals surface area contributed by atoms with Gasteiger partial charge in [-0.05, 0) is 49.2 Å². The molecule has 0 saturated heterocycles. The smallest absolute Gasteiger partial charge is 0.343 e. The molecule has 0 amide bonds. The number of esters is 1. The maximum atomic E-state index is 12.6. The van der Waals surface area contributed by atoms with Gasteiger partial charge in [0, 0.05) is 6.07 Å². The van der Waals surface area contributed by atoms with E-state index in [0.717, 1.165) is 11.1 Å². The first kappa shape index (κ1) is 17.5. The monoisotopic (exact) mass is 354 g/mol. The molecule has 3 aromatic rings. The molecule has 26 heavy (non-hydrogen) atoms. The third-order valence-corrected chi connectivity index (χ3v) is 3.72. The third kappa shape index (κ3) is 3.85. The zero-order valence-corrected chi connectivity index (χ0v) is 14.7. The van der Waals surface area contributed by atoms with Crippen molar-refractivity contribution in [2.24, 2.45) is 0 Å². The molecule has 0 saturated carbocycles. The molecule has 1 heterocycles. The van der Waals surface area contributed by atoms with Crippen LogP contribution in [-0.2, 0) is 9.53 Å². The number of carbonyl (C=O) groups is 1. The molecule has 1 aromatic heterocycles. The van der Waals surface area contributed by atoms with Crippen LogP contribution < -0.4 is 14.9 Å². The van der Waals surface area contributed by atoms with Gasteiger partial charge in [-0.1, -0.05) is 6.07 Å². The first-order valence-electron chi connectivity index (χ1n) is 7.97. The number of rotatable bonds is 5. The van der Waals surface area contributed by atoms with Crippen LogP contribution in [0.25, 0.3) is 11.0 Å². The lowest BCUT2D eigenvalue weighted by atomic mass is 10.1. The number of hydrogen-bond donors (Lipinski definition) is 0. The molecule has 0 unspecified atom stereocenters. The van der Waals surface area contributed by atoms with Gasteiger partial charge in [-0.15, -0.1) is 0 Å². The highest BCUT2D eigenvalue weighted by atomic mass is 16.6. The minimum Gasteiger partial charge on any atom is -0.482 e. The number of hydrogen-bond acceptors (Lipinski definition) is 6. The van der Waals surface area contributed by atoms with Crippen molar-refractivity contribution in [1.82, 2.24) is 0 Å². The minimum atomic E-state index is -0.497. The first-order chi connectivity index (χ1) is 12.5. The summed E-state index contributed by atoms with van der Waals surface area (Å²) in [6, 6.07) is 10.4. The second-order valence-electron chi connectivity index (χ2n) is 5.88. The quantitative estimate of drug-likeness (QED) is 0.650. The Morgan fingerprint density at radius 2 is 1.77 bits per heavy atom. The standard InChI is InChI=1S/C20H18O6/c1-12-6-13(2)8-15(7-12)26-18-10-25-17-9-14(24-11-19(21)23-3)4-5-16(17)20(18)22/h4-10H,11H2,1-3H3. The fourth-order valence-corrected chi connectivity index (χ4v) is 2.57. The Kier molecular flexibility index (Phi) is 4.93. The Bertz CT molecular complexity index is 998. The SMILES string of the molecule is COC(=O)COc1ccc2c(=O)c(Oc3cc(C)cc(C)c3)coc2c1. The number of ether oxygens (including phenoxy) is 3. The zero-order chi connectivity index (χ0) is 18.7. The molecule has 0 fully saturated rings. The lowest BCUT2D eigenvalue weighted by molar-refractivity contribution is -0.142. The van der Waals surface area contributed by atoms with Crippen LogP contribution in [0.3, 0.4) is 0 Å². The molecular formula is C20H18O6. The molecule has 0 N–H and O–H groups in total. The molecule has 0 spiro atoms. The molecule has 0 aliphatic rings. The van der Waals surface area contributed by atoms with Crippen molar-refractivity contribution in [3.63, 3.8) is 0 Å². The molecule has 6 heteroatoms. The van der Waals surface area contributed by atoms with Gasteiger partial charge < -0.3 is 18.6 Å². The van der Waals surface area contributed by atoms with Crippen LogP contribution in [0.5, 0.6) is 17.2 Å². The largest absolute Gasteiger partial charge is 0.482 e. The van der Waals surface area contributed by atoms with Crippen LogP contribution >= 0.6 is 0 Å². The molecule has 0 atom stereocenters. The van der Waals surface area contributed by atoms with E-state index in [4.69, 9.17) is 13.9 Å². The van der Waals surface area contributed by atoms with E-state index in [1.165, 1.54) is 13.4 Å². The fraction of sp³-hybridized carbons (Fsp3) is 0.200. The van der Waals surface area contributed by atoms with Gasteiger partial charge in [-0.25, -0.2) is 4.79 Å². The summed E-state index contributed by atoms with van der Waals surface area (Å²) < 4.78 is 21.0. The van der Waals surface area contributed by atoms with Crippen LogP contribution in [-0.4, -0.2) is 19.7 Å². The van der Waals surface area contributed by atoms with Crippen molar-refractivity contribution in [1.29, 1.82) is 0 Å². The predicted molar refractivity (Wildman–Crippen MR) is 96.0 cm³/mol. The summed E-state index contributed by atoms with van der Waals surface area (Å²) in [5.41, 5.74) is 2.13. The topological polar surface area (TPSA) is 75.0 Å². The van der Waals surface area contributed by atoms with Crippen LogP contribution in [0.4, 0.5) is 0 Å². The summed E-state index contributed by atoms with van der Waals surface area (Å²) >= 11 is 0. The van der Waals surface area contributed by atoms with Gasteiger partial charge in [0.2, 0.25) is 11.2 Å². The van der Waals surface area contributed by atoms with Crippen molar-refractivity contribution < 1.29 is 23.4 Å². The van der Waals surface area contributed by atoms with Crippen LogP contribution in [0, 0.1) is 13.8 Å². The highest BCUT2D eigenvalue weighted by molar-refractivity contribution is 5.79. The van der Waals surface area contributed by atoms with Gasteiger partial charge in [-0.2, -0.15) is 0 Å². The van der Waals surface area contributed by atoms with E-state index in [2.05, 4.69) is 4.74 Å². The van der Waals surface area contributed by atoms with Gasteiger partial charge in [0.15, 0.2) is 6.61 Å². The zero-order valence-electron chi connectivity index (χ0n) is 14.7. The van der Waals surface area contributed by atoms with Crippen LogP contribution in [0.1, 0.15) is 11.1 Å². The summed E-state index contributed by atoms with van der Waals surface area (Å²) in [5, 5.41) is 0.359. The number of methoxy groups -OCH3 is 1. The number of aryl methyl sites for hydroxylation is 2. The number of fused-ring (bicyclic) bond motifs is 1. The summed E-state index contributed by atoms with van der Waals surface area (Å²) in [6.45, 7) is 3.69. The van der Waals surface area contributed by atoms with Gasteiger partial charge in [0.1, 0.15) is 23.3 Å². The molecule has 6 nitrogen and oxygen atoms in total. The van der Waals surface area contributed by atoms with Gasteiger partial charge >= 0.3 is 5.97 Å². The second kappa shape index (κ2) is 7.31. The highest BCUT2D eigenvalue weighted by Crippen LogP contribution is 2.25. The Morgan fingerprint density at radius 3 is 2.46 bits per heavy atom. The average Bonchev–Trinajstić information content (AvgIpc) is 2.61. The Morgan fingerprint density at radius 1 is 1.04 bits per heavy atom. The first-order valence-corrected chi connectivity index (χ1v) is 7.97. The van der Waals surface area contributed by atoms with Crippen LogP contribution in [0.2, 0.25) is 0 Å². The van der Waals surface area contributed by atoms with E-state index in [1.54, 1.807) is 18.2 Å². The Balaban J connectivity index is 1.88. The summed E-state index contributed by atoms with van der Waals surface area (Å²) in [4.78, 5) is 23.8. The van der Waals surface area contributed by atoms with Crippen molar-refractivity contribution >= 4 is 16.9 Å². The summed E-state index contributed by atoms with van der Waals surface area (Å²) in [7, 11) is 1.28. The van der Waals surface area contributed by atoms with Gasteiger partial charge in [0.25, 0.3) is 0 Å². The maximum absolute atomic E-state index is 12.6.